The monoisotopic (exact) mass is 242 g/mol. The Morgan fingerprint density at radius 1 is 0.562 bits per heavy atom. The molecule has 0 aliphatic heterocycles. The maximum Gasteiger partial charge on any atom is 0.0527 e. The minimum Gasteiger partial charge on any atom is -0.0678 e. The van der Waals surface area contributed by atoms with E-state index >= 15 is 0 Å². The van der Waals surface area contributed by atoms with Crippen molar-refractivity contribution in [2.24, 2.45) is 0 Å². The lowest BCUT2D eigenvalue weighted by Gasteiger charge is -2.28. The third-order valence-electron chi connectivity index (χ3n) is 4.56. The minimum atomic E-state index is -0.793. The normalized spacial score (nSPS) is 12.0. The van der Waals surface area contributed by atoms with E-state index in [1.807, 2.05) is 0 Å². The molecule has 0 aromatic carbocycles. The molecule has 0 radical (unpaired) electrons. The van der Waals surface area contributed by atoms with Crippen LogP contribution in [0.25, 0.3) is 0 Å². The second kappa shape index (κ2) is 10.4. The molecule has 1 heteroatoms. The molecule has 0 nitrogen and oxygen atoms in total. The third-order valence-corrected chi connectivity index (χ3v) is 10.5. The smallest absolute Gasteiger partial charge is 0.0527 e. The van der Waals surface area contributed by atoms with Crippen LogP contribution in [0.2, 0.25) is 24.2 Å². The summed E-state index contributed by atoms with van der Waals surface area (Å²) in [6.45, 7) is 9.59. The zero-order valence-corrected chi connectivity index (χ0v) is 13.3. The van der Waals surface area contributed by atoms with Crippen molar-refractivity contribution in [3.63, 3.8) is 0 Å². The summed E-state index contributed by atoms with van der Waals surface area (Å²) in [5.41, 5.74) is 0. The first-order valence-electron chi connectivity index (χ1n) is 7.74. The Bertz CT molecular complexity index is 130. The molecule has 98 valence electrons. The topological polar surface area (TPSA) is 0 Å². The van der Waals surface area contributed by atoms with Gasteiger partial charge in [-0.15, -0.1) is 0 Å². The van der Waals surface area contributed by atoms with Gasteiger partial charge >= 0.3 is 0 Å². The van der Waals surface area contributed by atoms with Crippen molar-refractivity contribution in [3.05, 3.63) is 0 Å². The lowest BCUT2D eigenvalue weighted by molar-refractivity contribution is 0.599. The molecule has 0 bridgehead atoms. The minimum absolute atomic E-state index is 0.793. The molecule has 0 N–H and O–H groups in total. The molecule has 16 heavy (non-hydrogen) atoms. The maximum atomic E-state index is 2.43. The van der Waals surface area contributed by atoms with E-state index in [1.54, 1.807) is 6.04 Å². The number of hydrogen-bond acceptors (Lipinski definition) is 0. The van der Waals surface area contributed by atoms with Gasteiger partial charge in [-0.3, -0.25) is 0 Å². The van der Waals surface area contributed by atoms with Crippen LogP contribution in [0.4, 0.5) is 0 Å². The third kappa shape index (κ3) is 6.73. The van der Waals surface area contributed by atoms with Gasteiger partial charge in [0, 0.05) is 0 Å². The first kappa shape index (κ1) is 16.2. The summed E-state index contributed by atoms with van der Waals surface area (Å²) >= 11 is 0. The molecule has 0 spiro atoms. The van der Waals surface area contributed by atoms with Gasteiger partial charge in [0.15, 0.2) is 0 Å². The van der Waals surface area contributed by atoms with Crippen LogP contribution in [0.1, 0.15) is 72.6 Å². The summed E-state index contributed by atoms with van der Waals surface area (Å²) in [7, 11) is -0.793. The average Bonchev–Trinajstić information content (AvgIpc) is 2.34. The lowest BCUT2D eigenvalue weighted by Crippen LogP contribution is -2.30. The van der Waals surface area contributed by atoms with Crippen molar-refractivity contribution < 1.29 is 0 Å². The molecule has 0 unspecified atom stereocenters. The highest BCUT2D eigenvalue weighted by Gasteiger charge is 2.25. The standard InChI is InChI=1S/C15H34Si/c1-5-9-10-11-12-13-14-15-16(6-2,7-3)8-4/h5-15H2,1-4H3. The first-order chi connectivity index (χ1) is 7.74. The van der Waals surface area contributed by atoms with E-state index in [-0.39, 0.29) is 0 Å². The Labute approximate surface area is 105 Å². The van der Waals surface area contributed by atoms with Crippen molar-refractivity contribution in [1.82, 2.24) is 0 Å². The SMILES string of the molecule is CCCCCCCCC[Si](CC)(CC)CC. The zero-order valence-electron chi connectivity index (χ0n) is 12.3. The summed E-state index contributed by atoms with van der Waals surface area (Å²) < 4.78 is 0. The highest BCUT2D eigenvalue weighted by molar-refractivity contribution is 6.79. The Hall–Kier alpha value is 0.217. The summed E-state index contributed by atoms with van der Waals surface area (Å²) in [6.07, 6.45) is 10.3. The molecule has 0 aromatic rings. The highest BCUT2D eigenvalue weighted by atomic mass is 28.3. The molecular weight excluding hydrogens is 208 g/mol. The Morgan fingerprint density at radius 2 is 1.00 bits per heavy atom. The van der Waals surface area contributed by atoms with E-state index < -0.39 is 8.07 Å². The first-order valence-corrected chi connectivity index (χ1v) is 10.6. The summed E-state index contributed by atoms with van der Waals surface area (Å²) in [6, 6.07) is 6.13. The van der Waals surface area contributed by atoms with Crippen molar-refractivity contribution in [3.8, 4) is 0 Å². The van der Waals surface area contributed by atoms with E-state index in [0.29, 0.717) is 0 Å². The maximum absolute atomic E-state index is 2.43. The van der Waals surface area contributed by atoms with Crippen LogP contribution in [0.3, 0.4) is 0 Å². The molecule has 0 heterocycles. The van der Waals surface area contributed by atoms with E-state index in [2.05, 4.69) is 27.7 Å². The van der Waals surface area contributed by atoms with Crippen molar-refractivity contribution >= 4 is 8.07 Å². The number of hydrogen-bond donors (Lipinski definition) is 0. The van der Waals surface area contributed by atoms with E-state index in [4.69, 9.17) is 0 Å². The summed E-state index contributed by atoms with van der Waals surface area (Å²) in [5, 5.41) is 0. The van der Waals surface area contributed by atoms with Crippen molar-refractivity contribution in [1.29, 1.82) is 0 Å². The van der Waals surface area contributed by atoms with Crippen LogP contribution in [0, 0.1) is 0 Å². The quantitative estimate of drug-likeness (QED) is 0.297. The van der Waals surface area contributed by atoms with Crippen LogP contribution < -0.4 is 0 Å². The van der Waals surface area contributed by atoms with Gasteiger partial charge in [-0.2, -0.15) is 0 Å². The summed E-state index contributed by atoms with van der Waals surface area (Å²) in [4.78, 5) is 0. The van der Waals surface area contributed by atoms with Gasteiger partial charge in [0.05, 0.1) is 8.07 Å². The van der Waals surface area contributed by atoms with Crippen LogP contribution >= 0.6 is 0 Å². The van der Waals surface area contributed by atoms with Crippen molar-refractivity contribution in [2.75, 3.05) is 0 Å². The second-order valence-corrected chi connectivity index (χ2v) is 11.1. The van der Waals surface area contributed by atoms with Gasteiger partial charge in [0.25, 0.3) is 0 Å². The van der Waals surface area contributed by atoms with Crippen LogP contribution in [0.5, 0.6) is 0 Å². The van der Waals surface area contributed by atoms with Gasteiger partial charge < -0.3 is 0 Å². The molecule has 0 saturated carbocycles. The largest absolute Gasteiger partial charge is 0.0678 e. The molecule has 0 fully saturated rings. The molecule has 0 aromatic heterocycles. The molecule has 0 aliphatic rings. The Morgan fingerprint density at radius 3 is 1.44 bits per heavy atom. The fraction of sp³-hybridized carbons (Fsp3) is 1.00. The van der Waals surface area contributed by atoms with E-state index in [0.717, 1.165) is 0 Å². The van der Waals surface area contributed by atoms with Gasteiger partial charge in [-0.05, 0) is 0 Å². The van der Waals surface area contributed by atoms with Crippen LogP contribution in [-0.4, -0.2) is 8.07 Å². The second-order valence-electron chi connectivity index (χ2n) is 5.43. The molecular formula is C15H34Si. The van der Waals surface area contributed by atoms with Crippen molar-refractivity contribution in [2.45, 2.75) is 96.8 Å². The predicted molar refractivity (Wildman–Crippen MR) is 80.0 cm³/mol. The Balaban J connectivity index is 3.48. The molecule has 0 atom stereocenters. The van der Waals surface area contributed by atoms with E-state index in [1.165, 1.54) is 63.1 Å². The van der Waals surface area contributed by atoms with Crippen LogP contribution in [-0.2, 0) is 0 Å². The average molecular weight is 243 g/mol. The molecule has 0 saturated heterocycles. The van der Waals surface area contributed by atoms with Crippen LogP contribution in [0.15, 0.2) is 0 Å². The predicted octanol–water partition coefficient (Wildman–Crippen LogP) is 6.25. The van der Waals surface area contributed by atoms with E-state index in [9.17, 15) is 0 Å². The highest BCUT2D eigenvalue weighted by Crippen LogP contribution is 2.27. The summed E-state index contributed by atoms with van der Waals surface area (Å²) in [5.74, 6) is 0. The molecule has 0 rings (SSSR count). The number of rotatable bonds is 11. The molecule has 0 amide bonds. The lowest BCUT2D eigenvalue weighted by atomic mass is 10.1. The van der Waals surface area contributed by atoms with Gasteiger partial charge in [0.1, 0.15) is 0 Å². The fourth-order valence-electron chi connectivity index (χ4n) is 2.74. The number of unbranched alkanes of at least 4 members (excludes halogenated alkanes) is 6. The van der Waals surface area contributed by atoms with Gasteiger partial charge in [0.2, 0.25) is 0 Å². The van der Waals surface area contributed by atoms with Gasteiger partial charge in [-0.25, -0.2) is 0 Å². The molecule has 0 aliphatic carbocycles. The fourth-order valence-corrected chi connectivity index (χ4v) is 6.30. The zero-order chi connectivity index (χ0) is 12.3. The Kier molecular flexibility index (Phi) is 10.5. The van der Waals surface area contributed by atoms with Gasteiger partial charge in [-0.1, -0.05) is 96.8 Å².